The number of aliphatic hydroxyl groups is 1. The van der Waals surface area contributed by atoms with Crippen LogP contribution in [0.5, 0.6) is 6.01 Å². The van der Waals surface area contributed by atoms with Gasteiger partial charge >= 0.3 is 6.01 Å². The van der Waals surface area contributed by atoms with E-state index in [1.807, 2.05) is 6.20 Å². The molecule has 0 bridgehead atoms. The molecule has 0 fully saturated rings. The predicted octanol–water partition coefficient (Wildman–Crippen LogP) is 0.582. The van der Waals surface area contributed by atoms with Crippen LogP contribution in [0, 0.1) is 5.92 Å². The highest BCUT2D eigenvalue weighted by atomic mass is 16.5. The highest BCUT2D eigenvalue weighted by Crippen LogP contribution is 2.24. The summed E-state index contributed by atoms with van der Waals surface area (Å²) in [5.41, 5.74) is 2.22. The van der Waals surface area contributed by atoms with E-state index in [4.69, 9.17) is 9.84 Å². The van der Waals surface area contributed by atoms with Crippen molar-refractivity contribution in [1.82, 2.24) is 9.97 Å². The second-order valence-corrected chi connectivity index (χ2v) is 3.62. The van der Waals surface area contributed by atoms with Crippen molar-refractivity contribution < 1.29 is 9.84 Å². The number of ether oxygens (including phenoxy) is 1. The van der Waals surface area contributed by atoms with E-state index in [1.54, 1.807) is 7.11 Å². The van der Waals surface area contributed by atoms with Gasteiger partial charge in [-0.25, -0.2) is 4.98 Å². The van der Waals surface area contributed by atoms with Crippen LogP contribution in [-0.4, -0.2) is 28.8 Å². The summed E-state index contributed by atoms with van der Waals surface area (Å²) in [6, 6.07) is 0.419. The van der Waals surface area contributed by atoms with E-state index in [0.717, 1.165) is 25.0 Å². The van der Waals surface area contributed by atoms with Crippen LogP contribution in [-0.2, 0) is 12.8 Å². The lowest BCUT2D eigenvalue weighted by atomic mass is 9.88. The Balaban J connectivity index is 2.25. The van der Waals surface area contributed by atoms with Gasteiger partial charge in [-0.15, -0.1) is 0 Å². The Kier molecular flexibility index (Phi) is 2.63. The zero-order chi connectivity index (χ0) is 9.97. The Bertz CT molecular complexity index is 328. The molecule has 76 valence electrons. The van der Waals surface area contributed by atoms with Gasteiger partial charge in [0.1, 0.15) is 0 Å². The lowest BCUT2D eigenvalue weighted by Crippen LogP contribution is -2.19. The number of aliphatic hydroxyl groups excluding tert-OH is 1. The molecule has 1 aliphatic carbocycles. The van der Waals surface area contributed by atoms with Crippen molar-refractivity contribution in [3.8, 4) is 6.01 Å². The van der Waals surface area contributed by atoms with E-state index in [0.29, 0.717) is 11.9 Å². The van der Waals surface area contributed by atoms with Gasteiger partial charge in [0.05, 0.1) is 12.8 Å². The van der Waals surface area contributed by atoms with E-state index < -0.39 is 0 Å². The lowest BCUT2D eigenvalue weighted by molar-refractivity contribution is 0.211. The van der Waals surface area contributed by atoms with Crippen molar-refractivity contribution >= 4 is 0 Å². The predicted molar refractivity (Wildman–Crippen MR) is 51.2 cm³/mol. The first kappa shape index (κ1) is 9.40. The SMILES string of the molecule is COc1ncc2c(n1)CC(CO)CC2. The van der Waals surface area contributed by atoms with E-state index >= 15 is 0 Å². The van der Waals surface area contributed by atoms with E-state index in [2.05, 4.69) is 9.97 Å². The third-order valence-electron chi connectivity index (χ3n) is 2.68. The molecule has 4 nitrogen and oxygen atoms in total. The van der Waals surface area contributed by atoms with Crippen LogP contribution in [0.4, 0.5) is 0 Å². The molecule has 4 heteroatoms. The van der Waals surface area contributed by atoms with Crippen molar-refractivity contribution in [2.45, 2.75) is 19.3 Å². The minimum atomic E-state index is 0.242. The fraction of sp³-hybridized carbons (Fsp3) is 0.600. The fourth-order valence-corrected chi connectivity index (χ4v) is 1.80. The number of rotatable bonds is 2. The number of methoxy groups -OCH3 is 1. The highest BCUT2D eigenvalue weighted by Gasteiger charge is 2.19. The maximum atomic E-state index is 9.07. The number of aromatic nitrogens is 2. The van der Waals surface area contributed by atoms with Crippen molar-refractivity contribution in [2.75, 3.05) is 13.7 Å². The number of fused-ring (bicyclic) bond motifs is 1. The van der Waals surface area contributed by atoms with Crippen molar-refractivity contribution in [1.29, 1.82) is 0 Å². The van der Waals surface area contributed by atoms with Gasteiger partial charge in [0.2, 0.25) is 0 Å². The summed E-state index contributed by atoms with van der Waals surface area (Å²) >= 11 is 0. The molecule has 2 rings (SSSR count). The molecule has 0 saturated carbocycles. The molecule has 1 atom stereocenters. The average Bonchev–Trinajstić information content (AvgIpc) is 2.27. The molecular formula is C10H14N2O2. The quantitative estimate of drug-likeness (QED) is 0.748. The normalized spacial score (nSPS) is 20.3. The van der Waals surface area contributed by atoms with Gasteiger partial charge in [-0.3, -0.25) is 0 Å². The zero-order valence-corrected chi connectivity index (χ0v) is 8.23. The molecule has 1 heterocycles. The maximum Gasteiger partial charge on any atom is 0.316 e. The Hall–Kier alpha value is -1.16. The monoisotopic (exact) mass is 194 g/mol. The maximum absolute atomic E-state index is 9.07. The van der Waals surface area contributed by atoms with Crippen LogP contribution in [0.15, 0.2) is 6.20 Å². The number of nitrogens with zero attached hydrogens (tertiary/aromatic N) is 2. The van der Waals surface area contributed by atoms with Crippen LogP contribution in [0.2, 0.25) is 0 Å². The second-order valence-electron chi connectivity index (χ2n) is 3.62. The Morgan fingerprint density at radius 3 is 3.21 bits per heavy atom. The molecule has 0 amide bonds. The van der Waals surface area contributed by atoms with Gasteiger partial charge < -0.3 is 9.84 Å². The van der Waals surface area contributed by atoms with E-state index in [-0.39, 0.29) is 6.61 Å². The summed E-state index contributed by atoms with van der Waals surface area (Å²) in [4.78, 5) is 8.35. The summed E-state index contributed by atoms with van der Waals surface area (Å²) in [5, 5.41) is 9.07. The smallest absolute Gasteiger partial charge is 0.316 e. The lowest BCUT2D eigenvalue weighted by Gasteiger charge is -2.21. The molecular weight excluding hydrogens is 180 g/mol. The van der Waals surface area contributed by atoms with Gasteiger partial charge in [-0.2, -0.15) is 4.98 Å². The second kappa shape index (κ2) is 3.92. The van der Waals surface area contributed by atoms with Gasteiger partial charge in [0, 0.05) is 12.8 Å². The third kappa shape index (κ3) is 1.70. The Labute approximate surface area is 83.0 Å². The first-order chi connectivity index (χ1) is 6.83. The number of aryl methyl sites for hydroxylation is 1. The standard InChI is InChI=1S/C10H14N2O2/c1-14-10-11-5-8-3-2-7(6-13)4-9(8)12-10/h5,7,13H,2-4,6H2,1H3. The molecule has 0 radical (unpaired) electrons. The highest BCUT2D eigenvalue weighted by molar-refractivity contribution is 5.22. The first-order valence-electron chi connectivity index (χ1n) is 4.83. The summed E-state index contributed by atoms with van der Waals surface area (Å²) in [7, 11) is 1.56. The summed E-state index contributed by atoms with van der Waals surface area (Å²) in [5.74, 6) is 0.349. The van der Waals surface area contributed by atoms with Crippen molar-refractivity contribution in [2.24, 2.45) is 5.92 Å². The molecule has 1 unspecified atom stereocenters. The van der Waals surface area contributed by atoms with Crippen LogP contribution in [0.1, 0.15) is 17.7 Å². The molecule has 1 aromatic rings. The van der Waals surface area contributed by atoms with Gasteiger partial charge in [0.25, 0.3) is 0 Å². The van der Waals surface area contributed by atoms with Gasteiger partial charge in [-0.05, 0) is 30.7 Å². The van der Waals surface area contributed by atoms with Crippen LogP contribution < -0.4 is 4.74 Å². The molecule has 0 aromatic carbocycles. The topological polar surface area (TPSA) is 55.2 Å². The van der Waals surface area contributed by atoms with E-state index in [9.17, 15) is 0 Å². The molecule has 14 heavy (non-hydrogen) atoms. The third-order valence-corrected chi connectivity index (χ3v) is 2.68. The summed E-state index contributed by atoms with van der Waals surface area (Å²) in [6.07, 6.45) is 4.66. The van der Waals surface area contributed by atoms with E-state index in [1.165, 1.54) is 5.56 Å². The first-order valence-corrected chi connectivity index (χ1v) is 4.83. The number of hydrogen-bond acceptors (Lipinski definition) is 4. The molecule has 0 spiro atoms. The fourth-order valence-electron chi connectivity index (χ4n) is 1.80. The molecule has 0 saturated heterocycles. The molecule has 1 aliphatic rings. The Morgan fingerprint density at radius 1 is 1.64 bits per heavy atom. The van der Waals surface area contributed by atoms with Crippen molar-refractivity contribution in [3.63, 3.8) is 0 Å². The van der Waals surface area contributed by atoms with Crippen molar-refractivity contribution in [3.05, 3.63) is 17.5 Å². The average molecular weight is 194 g/mol. The zero-order valence-electron chi connectivity index (χ0n) is 8.23. The van der Waals surface area contributed by atoms with Crippen LogP contribution >= 0.6 is 0 Å². The largest absolute Gasteiger partial charge is 0.467 e. The summed E-state index contributed by atoms with van der Waals surface area (Å²) in [6.45, 7) is 0.242. The molecule has 1 N–H and O–H groups in total. The Morgan fingerprint density at radius 2 is 2.50 bits per heavy atom. The minimum Gasteiger partial charge on any atom is -0.467 e. The van der Waals surface area contributed by atoms with Gasteiger partial charge in [-0.1, -0.05) is 0 Å². The number of hydrogen-bond donors (Lipinski definition) is 1. The minimum absolute atomic E-state index is 0.242. The molecule has 0 aliphatic heterocycles. The summed E-state index contributed by atoms with van der Waals surface area (Å²) < 4.78 is 4.96. The van der Waals surface area contributed by atoms with Crippen LogP contribution in [0.25, 0.3) is 0 Å². The molecule has 1 aromatic heterocycles. The van der Waals surface area contributed by atoms with Crippen LogP contribution in [0.3, 0.4) is 0 Å². The van der Waals surface area contributed by atoms with Gasteiger partial charge in [0.15, 0.2) is 0 Å².